The highest BCUT2D eigenvalue weighted by Crippen LogP contribution is 2.36. The molecule has 1 aromatic carbocycles. The molecule has 1 aromatic heterocycles. The molecule has 0 aliphatic carbocycles. The van der Waals surface area contributed by atoms with Crippen LogP contribution < -0.4 is 20.2 Å². The number of amides is 1. The molecule has 0 saturated heterocycles. The largest absolute Gasteiger partial charge is 0.493 e. The molecule has 0 saturated carbocycles. The molecule has 1 amide bonds. The van der Waals surface area contributed by atoms with Crippen molar-refractivity contribution in [2.45, 2.75) is 0 Å². The molecule has 0 unspecified atom stereocenters. The first-order chi connectivity index (χ1) is 10.1. The first-order valence-corrected chi connectivity index (χ1v) is 6.34. The molecule has 0 aliphatic rings. The Balaban J connectivity index is 2.34. The van der Waals surface area contributed by atoms with Crippen LogP contribution >= 0.6 is 11.6 Å². The van der Waals surface area contributed by atoms with Crippen molar-refractivity contribution in [2.24, 2.45) is 0 Å². The van der Waals surface area contributed by atoms with Crippen molar-refractivity contribution in [1.29, 1.82) is 0 Å². The number of carbonyl (C=O) groups excluding carboxylic acids is 1. The highest BCUT2D eigenvalue weighted by molar-refractivity contribution is 6.34. The van der Waals surface area contributed by atoms with Crippen molar-refractivity contribution in [2.75, 3.05) is 19.5 Å². The zero-order valence-corrected chi connectivity index (χ0v) is 12.2. The zero-order chi connectivity index (χ0) is 15.4. The maximum atomic E-state index is 12.1. The number of halogens is 1. The van der Waals surface area contributed by atoms with Crippen LogP contribution in [0.1, 0.15) is 10.4 Å². The van der Waals surface area contributed by atoms with Gasteiger partial charge >= 0.3 is 0 Å². The van der Waals surface area contributed by atoms with Gasteiger partial charge in [0.15, 0.2) is 16.9 Å². The predicted octanol–water partition coefficient (Wildman–Crippen LogP) is 2.30. The Hall–Kier alpha value is -2.47. The number of rotatable bonds is 4. The van der Waals surface area contributed by atoms with Gasteiger partial charge in [-0.05, 0) is 0 Å². The lowest BCUT2D eigenvalue weighted by Crippen LogP contribution is -2.21. The third-order valence-corrected chi connectivity index (χ3v) is 3.10. The first kappa shape index (κ1) is 14.9. The van der Waals surface area contributed by atoms with Crippen LogP contribution in [0.2, 0.25) is 5.02 Å². The van der Waals surface area contributed by atoms with Gasteiger partial charge in [0.1, 0.15) is 5.56 Å². The number of H-pyrrole nitrogens is 1. The molecule has 0 aliphatic heterocycles. The summed E-state index contributed by atoms with van der Waals surface area (Å²) in [6.07, 6.45) is 2.77. The van der Waals surface area contributed by atoms with Crippen LogP contribution in [0.4, 0.5) is 5.69 Å². The average Bonchev–Trinajstić information content (AvgIpc) is 2.49. The minimum Gasteiger partial charge on any atom is -0.493 e. The minimum absolute atomic E-state index is 0.0108. The average molecular weight is 309 g/mol. The number of anilines is 1. The summed E-state index contributed by atoms with van der Waals surface area (Å²) in [6, 6.07) is 4.31. The van der Waals surface area contributed by atoms with E-state index in [0.717, 1.165) is 0 Å². The topological polar surface area (TPSA) is 80.4 Å². The van der Waals surface area contributed by atoms with Crippen LogP contribution in [0.25, 0.3) is 0 Å². The van der Waals surface area contributed by atoms with Gasteiger partial charge in [0.2, 0.25) is 0 Å². The van der Waals surface area contributed by atoms with Crippen LogP contribution in [0.15, 0.2) is 35.4 Å². The van der Waals surface area contributed by atoms with Gasteiger partial charge in [-0.15, -0.1) is 0 Å². The number of aromatic nitrogens is 1. The second-order valence-electron chi connectivity index (χ2n) is 4.06. The Morgan fingerprint density at radius 2 is 1.90 bits per heavy atom. The second kappa shape index (κ2) is 6.32. The van der Waals surface area contributed by atoms with Crippen molar-refractivity contribution >= 4 is 23.2 Å². The van der Waals surface area contributed by atoms with Crippen LogP contribution in [0.3, 0.4) is 0 Å². The number of methoxy groups -OCH3 is 2. The third-order valence-electron chi connectivity index (χ3n) is 2.79. The van der Waals surface area contributed by atoms with Crippen LogP contribution in [0.5, 0.6) is 11.5 Å². The van der Waals surface area contributed by atoms with Crippen molar-refractivity contribution in [3.8, 4) is 11.5 Å². The molecule has 2 N–H and O–H groups in total. The van der Waals surface area contributed by atoms with Gasteiger partial charge in [0, 0.05) is 30.6 Å². The first-order valence-electron chi connectivity index (χ1n) is 5.96. The number of aromatic amines is 1. The number of hydrogen-bond donors (Lipinski definition) is 2. The van der Waals surface area contributed by atoms with Crippen LogP contribution in [-0.2, 0) is 0 Å². The third kappa shape index (κ3) is 3.17. The molecule has 21 heavy (non-hydrogen) atoms. The lowest BCUT2D eigenvalue weighted by atomic mass is 10.2. The molecule has 6 nitrogen and oxygen atoms in total. The molecule has 7 heteroatoms. The van der Waals surface area contributed by atoms with E-state index in [1.807, 2.05) is 0 Å². The Morgan fingerprint density at radius 3 is 2.52 bits per heavy atom. The number of ether oxygens (including phenoxy) is 2. The molecule has 1 heterocycles. The molecule has 0 atom stereocenters. The van der Waals surface area contributed by atoms with Crippen molar-refractivity contribution in [1.82, 2.24) is 4.98 Å². The summed E-state index contributed by atoms with van der Waals surface area (Å²) in [5.74, 6) is 0.295. The molecule has 0 bridgehead atoms. The van der Waals surface area contributed by atoms with Crippen molar-refractivity contribution in [3.63, 3.8) is 0 Å². The van der Waals surface area contributed by atoms with Gasteiger partial charge in [-0.25, -0.2) is 0 Å². The van der Waals surface area contributed by atoms with E-state index in [-0.39, 0.29) is 16.0 Å². The van der Waals surface area contributed by atoms with Crippen molar-refractivity contribution in [3.05, 3.63) is 51.4 Å². The molecule has 2 aromatic rings. The Kier molecular flexibility index (Phi) is 4.49. The van der Waals surface area contributed by atoms with E-state index in [1.165, 1.54) is 44.8 Å². The lowest BCUT2D eigenvalue weighted by Gasteiger charge is -2.12. The van der Waals surface area contributed by atoms with E-state index < -0.39 is 5.91 Å². The minimum atomic E-state index is -0.564. The summed E-state index contributed by atoms with van der Waals surface area (Å²) in [5.41, 5.74) is -0.0752. The van der Waals surface area contributed by atoms with Gasteiger partial charge in [-0.1, -0.05) is 11.6 Å². The standard InChI is InChI=1S/C14H13ClN2O4/c1-20-12-5-9(15)10(6-13(12)21-2)17-14(19)8-7-16-4-3-11(8)18/h3-7H,1-2H3,(H,16,18)(H,17,19). The second-order valence-corrected chi connectivity index (χ2v) is 4.47. The van der Waals surface area contributed by atoms with E-state index in [4.69, 9.17) is 21.1 Å². The molecule has 0 fully saturated rings. The fraction of sp³-hybridized carbons (Fsp3) is 0.143. The zero-order valence-electron chi connectivity index (χ0n) is 11.4. The SMILES string of the molecule is COc1cc(Cl)c(NC(=O)c2c[nH]ccc2=O)cc1OC. The Bertz CT molecular complexity index is 727. The molecular formula is C14H13ClN2O4. The summed E-state index contributed by atoms with van der Waals surface area (Å²) in [7, 11) is 2.95. The summed E-state index contributed by atoms with van der Waals surface area (Å²) >= 11 is 6.07. The van der Waals surface area contributed by atoms with Gasteiger partial charge in [0.05, 0.1) is 24.9 Å². The molecule has 2 rings (SSSR count). The Labute approximate surface area is 125 Å². The normalized spacial score (nSPS) is 10.0. The van der Waals surface area contributed by atoms with Crippen LogP contribution in [0, 0.1) is 0 Å². The number of carbonyl (C=O) groups is 1. The number of hydrogen-bond acceptors (Lipinski definition) is 4. The van der Waals surface area contributed by atoms with E-state index in [1.54, 1.807) is 0 Å². The Morgan fingerprint density at radius 1 is 1.24 bits per heavy atom. The smallest absolute Gasteiger partial charge is 0.261 e. The lowest BCUT2D eigenvalue weighted by molar-refractivity contribution is 0.102. The van der Waals surface area contributed by atoms with E-state index in [0.29, 0.717) is 17.2 Å². The number of nitrogens with one attached hydrogen (secondary N) is 2. The van der Waals surface area contributed by atoms with Crippen LogP contribution in [-0.4, -0.2) is 25.1 Å². The molecule has 110 valence electrons. The number of pyridine rings is 1. The quantitative estimate of drug-likeness (QED) is 0.908. The summed E-state index contributed by atoms with van der Waals surface area (Å²) in [6.45, 7) is 0. The maximum absolute atomic E-state index is 12.1. The van der Waals surface area contributed by atoms with Gasteiger partial charge in [-0.2, -0.15) is 0 Å². The number of benzene rings is 1. The highest BCUT2D eigenvalue weighted by Gasteiger charge is 2.15. The summed E-state index contributed by atoms with van der Waals surface area (Å²) < 4.78 is 10.2. The monoisotopic (exact) mass is 308 g/mol. The van der Waals surface area contributed by atoms with E-state index in [9.17, 15) is 9.59 Å². The van der Waals surface area contributed by atoms with E-state index >= 15 is 0 Å². The predicted molar refractivity (Wildman–Crippen MR) is 79.6 cm³/mol. The summed E-state index contributed by atoms with van der Waals surface area (Å²) in [4.78, 5) is 26.4. The molecule has 0 radical (unpaired) electrons. The molecule has 0 spiro atoms. The molecular weight excluding hydrogens is 296 g/mol. The van der Waals surface area contributed by atoms with Gasteiger partial charge in [0.25, 0.3) is 5.91 Å². The van der Waals surface area contributed by atoms with Crippen molar-refractivity contribution < 1.29 is 14.3 Å². The van der Waals surface area contributed by atoms with E-state index in [2.05, 4.69) is 10.3 Å². The van der Waals surface area contributed by atoms with Gasteiger partial charge < -0.3 is 19.8 Å². The van der Waals surface area contributed by atoms with Gasteiger partial charge in [-0.3, -0.25) is 9.59 Å². The maximum Gasteiger partial charge on any atom is 0.261 e. The summed E-state index contributed by atoms with van der Waals surface area (Å²) in [5, 5.41) is 2.84. The fourth-order valence-electron chi connectivity index (χ4n) is 1.73. The fourth-order valence-corrected chi connectivity index (χ4v) is 1.93. The highest BCUT2D eigenvalue weighted by atomic mass is 35.5.